The summed E-state index contributed by atoms with van der Waals surface area (Å²) >= 11 is 0. The number of hydrogen-bond acceptors (Lipinski definition) is 2. The van der Waals surface area contributed by atoms with Gasteiger partial charge in [-0.15, -0.1) is 0 Å². The van der Waals surface area contributed by atoms with Gasteiger partial charge in [0.1, 0.15) is 0 Å². The zero-order chi connectivity index (χ0) is 16.7. The summed E-state index contributed by atoms with van der Waals surface area (Å²) in [4.78, 5) is 0. The molecular formula is C20H40O2. The maximum Gasteiger partial charge on any atom is 0.170 e. The van der Waals surface area contributed by atoms with Gasteiger partial charge in [-0.1, -0.05) is 77.4 Å². The molecule has 0 heterocycles. The molecule has 0 rings (SSSR count). The van der Waals surface area contributed by atoms with E-state index in [1.54, 1.807) is 14.2 Å². The fourth-order valence-corrected chi connectivity index (χ4v) is 2.84. The van der Waals surface area contributed by atoms with Gasteiger partial charge in [0.25, 0.3) is 0 Å². The van der Waals surface area contributed by atoms with Crippen LogP contribution in [0.4, 0.5) is 0 Å². The molecule has 2 nitrogen and oxygen atoms in total. The zero-order valence-corrected chi connectivity index (χ0v) is 15.8. The van der Waals surface area contributed by atoms with Crippen LogP contribution in [0.15, 0.2) is 12.2 Å². The van der Waals surface area contributed by atoms with Crippen LogP contribution in [0.1, 0.15) is 91.4 Å². The third-order valence-corrected chi connectivity index (χ3v) is 4.70. The summed E-state index contributed by atoms with van der Waals surface area (Å²) < 4.78 is 11.3. The quantitative estimate of drug-likeness (QED) is 0.195. The van der Waals surface area contributed by atoms with Gasteiger partial charge < -0.3 is 9.47 Å². The molecule has 0 saturated heterocycles. The zero-order valence-electron chi connectivity index (χ0n) is 15.8. The van der Waals surface area contributed by atoms with Crippen LogP contribution in [-0.4, -0.2) is 20.0 Å². The normalized spacial score (nSPS) is 13.9. The van der Waals surface area contributed by atoms with E-state index in [2.05, 4.69) is 32.9 Å². The van der Waals surface area contributed by atoms with Gasteiger partial charge in [0, 0.05) is 20.1 Å². The van der Waals surface area contributed by atoms with Crippen molar-refractivity contribution in [1.82, 2.24) is 0 Å². The average Bonchev–Trinajstić information content (AvgIpc) is 2.55. The summed E-state index contributed by atoms with van der Waals surface area (Å²) in [6.45, 7) is 6.57. The highest BCUT2D eigenvalue weighted by atomic mass is 16.7. The summed E-state index contributed by atoms with van der Waals surface area (Å²) in [6.07, 6.45) is 18.9. The molecule has 0 aromatic carbocycles. The summed E-state index contributed by atoms with van der Waals surface area (Å²) in [5, 5.41) is 0. The Morgan fingerprint density at radius 2 is 1.36 bits per heavy atom. The third kappa shape index (κ3) is 9.63. The summed E-state index contributed by atoms with van der Waals surface area (Å²) in [6, 6.07) is 0. The van der Waals surface area contributed by atoms with E-state index in [4.69, 9.17) is 9.47 Å². The molecule has 0 bridgehead atoms. The Morgan fingerprint density at radius 1 is 0.818 bits per heavy atom. The minimum absolute atomic E-state index is 0.343. The lowest BCUT2D eigenvalue weighted by molar-refractivity contribution is -0.218. The number of unbranched alkanes of at least 4 members (excludes halogenated alkanes) is 8. The van der Waals surface area contributed by atoms with Gasteiger partial charge in [0.05, 0.1) is 0 Å². The molecule has 2 heteroatoms. The first-order chi connectivity index (χ1) is 10.6. The molecule has 0 amide bonds. The first-order valence-corrected chi connectivity index (χ1v) is 9.41. The van der Waals surface area contributed by atoms with Gasteiger partial charge in [-0.05, 0) is 26.2 Å². The molecule has 0 aliphatic rings. The van der Waals surface area contributed by atoms with Gasteiger partial charge in [-0.3, -0.25) is 0 Å². The Morgan fingerprint density at radius 3 is 1.95 bits per heavy atom. The summed E-state index contributed by atoms with van der Waals surface area (Å²) in [7, 11) is 3.51. The third-order valence-electron chi connectivity index (χ3n) is 4.70. The molecule has 0 aromatic rings. The van der Waals surface area contributed by atoms with Crippen LogP contribution in [0, 0.1) is 5.92 Å². The average molecular weight is 313 g/mol. The monoisotopic (exact) mass is 312 g/mol. The van der Waals surface area contributed by atoms with Crippen LogP contribution in [0.3, 0.4) is 0 Å². The molecular weight excluding hydrogens is 272 g/mol. The highest BCUT2D eigenvalue weighted by Gasteiger charge is 2.31. The van der Waals surface area contributed by atoms with Crippen molar-refractivity contribution >= 4 is 0 Å². The molecule has 0 spiro atoms. The second-order valence-electron chi connectivity index (χ2n) is 6.51. The van der Waals surface area contributed by atoms with Gasteiger partial charge in [-0.2, -0.15) is 0 Å². The van der Waals surface area contributed by atoms with Crippen LogP contribution >= 0.6 is 0 Å². The molecule has 132 valence electrons. The van der Waals surface area contributed by atoms with Crippen molar-refractivity contribution in [2.24, 2.45) is 5.92 Å². The number of methoxy groups -OCH3 is 2. The summed E-state index contributed by atoms with van der Waals surface area (Å²) in [5.41, 5.74) is 0. The highest BCUT2D eigenvalue weighted by Crippen LogP contribution is 2.29. The topological polar surface area (TPSA) is 18.5 Å². The molecule has 0 fully saturated rings. The predicted molar refractivity (Wildman–Crippen MR) is 97.2 cm³/mol. The van der Waals surface area contributed by atoms with E-state index < -0.39 is 5.79 Å². The van der Waals surface area contributed by atoms with E-state index >= 15 is 0 Å². The smallest absolute Gasteiger partial charge is 0.170 e. The second-order valence-corrected chi connectivity index (χ2v) is 6.51. The first-order valence-electron chi connectivity index (χ1n) is 9.41. The van der Waals surface area contributed by atoms with Crippen molar-refractivity contribution in [2.75, 3.05) is 14.2 Å². The van der Waals surface area contributed by atoms with Crippen molar-refractivity contribution < 1.29 is 9.47 Å². The fourth-order valence-electron chi connectivity index (χ4n) is 2.84. The second kappa shape index (κ2) is 14.3. The van der Waals surface area contributed by atoms with Crippen LogP contribution in [0.2, 0.25) is 0 Å². The van der Waals surface area contributed by atoms with Gasteiger partial charge in [0.15, 0.2) is 5.79 Å². The molecule has 0 radical (unpaired) electrons. The lowest BCUT2D eigenvalue weighted by Gasteiger charge is -2.33. The molecule has 0 aliphatic carbocycles. The number of allylic oxidation sites excluding steroid dienone is 1. The largest absolute Gasteiger partial charge is 0.353 e. The minimum atomic E-state index is -0.495. The molecule has 0 aromatic heterocycles. The van der Waals surface area contributed by atoms with Gasteiger partial charge in [-0.25, -0.2) is 0 Å². The van der Waals surface area contributed by atoms with Gasteiger partial charge in [0.2, 0.25) is 0 Å². The van der Waals surface area contributed by atoms with E-state index in [9.17, 15) is 0 Å². The lowest BCUT2D eigenvalue weighted by atomic mass is 9.91. The van der Waals surface area contributed by atoms with Crippen LogP contribution in [-0.2, 0) is 9.47 Å². The van der Waals surface area contributed by atoms with E-state index in [1.165, 1.54) is 64.2 Å². The van der Waals surface area contributed by atoms with Crippen LogP contribution < -0.4 is 0 Å². The fraction of sp³-hybridized carbons (Fsp3) is 0.900. The number of hydrogen-bond donors (Lipinski definition) is 0. The van der Waals surface area contributed by atoms with E-state index in [-0.39, 0.29) is 0 Å². The Labute approximate surface area is 139 Å². The van der Waals surface area contributed by atoms with Crippen molar-refractivity contribution in [2.45, 2.75) is 97.2 Å². The molecule has 22 heavy (non-hydrogen) atoms. The van der Waals surface area contributed by atoms with E-state index in [1.807, 2.05) is 0 Å². The van der Waals surface area contributed by atoms with E-state index in [0.29, 0.717) is 5.92 Å². The molecule has 0 N–H and O–H groups in total. The van der Waals surface area contributed by atoms with Crippen molar-refractivity contribution in [3.63, 3.8) is 0 Å². The van der Waals surface area contributed by atoms with Crippen molar-refractivity contribution in [3.05, 3.63) is 12.2 Å². The minimum Gasteiger partial charge on any atom is -0.353 e. The maximum absolute atomic E-state index is 5.65. The number of ether oxygens (including phenoxy) is 2. The predicted octanol–water partition coefficient (Wildman–Crippen LogP) is 6.50. The number of rotatable bonds is 15. The van der Waals surface area contributed by atoms with E-state index in [0.717, 1.165) is 6.42 Å². The van der Waals surface area contributed by atoms with Crippen LogP contribution in [0.5, 0.6) is 0 Å². The maximum atomic E-state index is 5.65. The SMILES string of the molecule is CCCCCC=CC(CCCCCCCC)C(C)(OC)OC. The molecule has 0 saturated carbocycles. The standard InChI is InChI=1S/C20H40O2/c1-6-8-10-12-14-16-18-19(20(3,21-4)22-5)17-15-13-11-9-7-2/h15,17,19H,6-14,16,18H2,1-5H3. The molecule has 1 atom stereocenters. The Hall–Kier alpha value is -0.340. The first kappa shape index (κ1) is 21.7. The lowest BCUT2D eigenvalue weighted by Crippen LogP contribution is -2.37. The van der Waals surface area contributed by atoms with Gasteiger partial charge >= 0.3 is 0 Å². The Kier molecular flexibility index (Phi) is 14.0. The molecule has 0 aliphatic heterocycles. The summed E-state index contributed by atoms with van der Waals surface area (Å²) in [5.74, 6) is -0.152. The van der Waals surface area contributed by atoms with Crippen LogP contribution in [0.25, 0.3) is 0 Å². The van der Waals surface area contributed by atoms with Crippen molar-refractivity contribution in [1.29, 1.82) is 0 Å². The Bertz CT molecular complexity index is 256. The Balaban J connectivity index is 4.28. The molecule has 1 unspecified atom stereocenters. The highest BCUT2D eigenvalue weighted by molar-refractivity contribution is 4.94. The van der Waals surface area contributed by atoms with Crippen molar-refractivity contribution in [3.8, 4) is 0 Å².